The Bertz CT molecular complexity index is 283. The average Bonchev–Trinajstić information content (AvgIpc) is 2.30. The van der Waals surface area contributed by atoms with Crippen LogP contribution in [-0.4, -0.2) is 18.1 Å². The Balaban J connectivity index is 2.07. The van der Waals surface area contributed by atoms with Crippen molar-refractivity contribution >= 4 is 18.0 Å². The fourth-order valence-electron chi connectivity index (χ4n) is 1.73. The molecule has 1 aliphatic heterocycles. The molecule has 2 heterocycles. The molecule has 0 radical (unpaired) electrons. The van der Waals surface area contributed by atoms with Crippen molar-refractivity contribution in [3.05, 3.63) is 18.3 Å². The first-order valence-electron chi connectivity index (χ1n) is 4.90. The third kappa shape index (κ3) is 2.18. The van der Waals surface area contributed by atoms with Crippen molar-refractivity contribution in [2.24, 2.45) is 0 Å². The number of rotatable bonds is 2. The van der Waals surface area contributed by atoms with E-state index in [0.29, 0.717) is 4.90 Å². The Kier molecular flexibility index (Phi) is 3.24. The summed E-state index contributed by atoms with van der Waals surface area (Å²) in [5, 5.41) is 0. The molecule has 14 heavy (non-hydrogen) atoms. The van der Waals surface area contributed by atoms with Gasteiger partial charge >= 0.3 is 0 Å². The van der Waals surface area contributed by atoms with Crippen LogP contribution >= 0.6 is 12.1 Å². The van der Waals surface area contributed by atoms with Crippen molar-refractivity contribution in [3.63, 3.8) is 0 Å². The molecule has 1 fully saturated rings. The summed E-state index contributed by atoms with van der Waals surface area (Å²) in [6, 6.07) is 3.68. The van der Waals surface area contributed by atoms with Crippen LogP contribution in [0.1, 0.15) is 19.3 Å². The lowest BCUT2D eigenvalue weighted by Gasteiger charge is -2.27. The number of pyridine rings is 1. The number of hydrogen-bond acceptors (Lipinski definition) is 3. The van der Waals surface area contributed by atoms with E-state index in [1.54, 1.807) is 12.3 Å². The van der Waals surface area contributed by atoms with Crippen LogP contribution in [0.15, 0.2) is 23.2 Å². The van der Waals surface area contributed by atoms with Crippen molar-refractivity contribution in [1.82, 2.24) is 4.98 Å². The second-order valence-electron chi connectivity index (χ2n) is 3.48. The van der Waals surface area contributed by atoms with Gasteiger partial charge < -0.3 is 4.90 Å². The molecule has 0 unspecified atom stereocenters. The van der Waals surface area contributed by atoms with E-state index in [4.69, 9.17) is 0 Å². The van der Waals surface area contributed by atoms with E-state index < -0.39 is 0 Å². The van der Waals surface area contributed by atoms with Gasteiger partial charge in [0.1, 0.15) is 5.82 Å². The van der Waals surface area contributed by atoms with Gasteiger partial charge in [0, 0.05) is 19.3 Å². The lowest BCUT2D eigenvalue weighted by atomic mass is 10.1. The predicted octanol–water partition coefficient (Wildman–Crippen LogP) is 3.05. The Morgan fingerprint density at radius 2 is 2.00 bits per heavy atom. The topological polar surface area (TPSA) is 16.1 Å². The summed E-state index contributed by atoms with van der Waals surface area (Å²) in [6.45, 7) is 2.16. The number of halogens is 1. The Morgan fingerprint density at radius 1 is 1.21 bits per heavy atom. The van der Waals surface area contributed by atoms with E-state index >= 15 is 0 Å². The highest BCUT2D eigenvalue weighted by molar-refractivity contribution is 7.94. The van der Waals surface area contributed by atoms with Gasteiger partial charge in [-0.15, -0.1) is 0 Å². The van der Waals surface area contributed by atoms with E-state index in [1.165, 1.54) is 19.3 Å². The van der Waals surface area contributed by atoms with Crippen molar-refractivity contribution in [2.75, 3.05) is 18.0 Å². The van der Waals surface area contributed by atoms with E-state index in [0.717, 1.165) is 18.9 Å². The summed E-state index contributed by atoms with van der Waals surface area (Å²) in [5.41, 5.74) is 0. The van der Waals surface area contributed by atoms with Gasteiger partial charge in [0.05, 0.1) is 17.0 Å². The highest BCUT2D eigenvalue weighted by atomic mass is 32.2. The minimum Gasteiger partial charge on any atom is -0.357 e. The number of aromatic nitrogens is 1. The lowest BCUT2D eigenvalue weighted by molar-refractivity contribution is 0.573. The Labute approximate surface area is 87.8 Å². The predicted molar refractivity (Wildman–Crippen MR) is 57.3 cm³/mol. The summed E-state index contributed by atoms with van der Waals surface area (Å²) in [4.78, 5) is 7.07. The molecular weight excluding hydrogens is 199 g/mol. The number of nitrogens with zero attached hydrogens (tertiary/aromatic N) is 2. The molecule has 0 saturated carbocycles. The summed E-state index contributed by atoms with van der Waals surface area (Å²) in [7, 11) is 0. The first-order chi connectivity index (χ1) is 6.90. The number of piperidine rings is 1. The maximum atomic E-state index is 12.2. The van der Waals surface area contributed by atoms with Crippen LogP contribution in [0.5, 0.6) is 0 Å². The van der Waals surface area contributed by atoms with Gasteiger partial charge in [-0.25, -0.2) is 4.98 Å². The van der Waals surface area contributed by atoms with Crippen molar-refractivity contribution in [2.45, 2.75) is 24.2 Å². The average molecular weight is 212 g/mol. The Morgan fingerprint density at radius 3 is 2.57 bits per heavy atom. The van der Waals surface area contributed by atoms with E-state index in [-0.39, 0.29) is 12.1 Å². The SMILES string of the molecule is FSc1ccc(N2CCCCC2)nc1. The van der Waals surface area contributed by atoms with Gasteiger partial charge in [-0.3, -0.25) is 0 Å². The van der Waals surface area contributed by atoms with Gasteiger partial charge in [-0.1, -0.05) is 0 Å². The van der Waals surface area contributed by atoms with Gasteiger partial charge in [-0.05, 0) is 31.4 Å². The van der Waals surface area contributed by atoms with Crippen LogP contribution < -0.4 is 4.90 Å². The monoisotopic (exact) mass is 212 g/mol. The first-order valence-corrected chi connectivity index (χ1v) is 5.61. The van der Waals surface area contributed by atoms with Crippen LogP contribution in [0.3, 0.4) is 0 Å². The van der Waals surface area contributed by atoms with Gasteiger partial charge in [0.15, 0.2) is 0 Å². The largest absolute Gasteiger partial charge is 0.357 e. The van der Waals surface area contributed by atoms with Gasteiger partial charge in [0.2, 0.25) is 0 Å². The fourth-order valence-corrected chi connectivity index (χ4v) is 1.94. The first kappa shape index (κ1) is 9.77. The standard InChI is InChI=1S/C10H13FN2S/c11-14-9-4-5-10(12-8-9)13-6-2-1-3-7-13/h4-5,8H,1-3,6-7H2. The molecule has 2 rings (SSSR count). The van der Waals surface area contributed by atoms with Crippen LogP contribution in [-0.2, 0) is 0 Å². The quantitative estimate of drug-likeness (QED) is 0.749. The fraction of sp³-hybridized carbons (Fsp3) is 0.500. The Hall–Kier alpha value is -0.770. The van der Waals surface area contributed by atoms with E-state index in [2.05, 4.69) is 9.88 Å². The van der Waals surface area contributed by atoms with Crippen molar-refractivity contribution in [3.8, 4) is 0 Å². The summed E-state index contributed by atoms with van der Waals surface area (Å²) in [6.07, 6.45) is 5.38. The zero-order chi connectivity index (χ0) is 9.80. The smallest absolute Gasteiger partial charge is 0.128 e. The van der Waals surface area contributed by atoms with E-state index in [1.807, 2.05) is 6.07 Å². The van der Waals surface area contributed by atoms with Crippen LogP contribution in [0.4, 0.5) is 9.70 Å². The minimum absolute atomic E-state index is 0.243. The third-order valence-electron chi connectivity index (χ3n) is 2.49. The number of hydrogen-bond donors (Lipinski definition) is 0. The molecule has 1 aromatic rings. The zero-order valence-corrected chi connectivity index (χ0v) is 8.76. The second kappa shape index (κ2) is 4.64. The van der Waals surface area contributed by atoms with Gasteiger partial charge in [-0.2, -0.15) is 3.89 Å². The molecule has 2 nitrogen and oxygen atoms in total. The number of anilines is 1. The van der Waals surface area contributed by atoms with E-state index in [9.17, 15) is 3.89 Å². The summed E-state index contributed by atoms with van der Waals surface area (Å²) < 4.78 is 12.2. The third-order valence-corrected chi connectivity index (χ3v) is 2.91. The van der Waals surface area contributed by atoms with Gasteiger partial charge in [0.25, 0.3) is 0 Å². The minimum atomic E-state index is 0.243. The molecule has 0 spiro atoms. The summed E-state index contributed by atoms with van der Waals surface area (Å²) in [5.74, 6) is 0.975. The maximum Gasteiger partial charge on any atom is 0.128 e. The molecular formula is C10H13FN2S. The molecule has 0 bridgehead atoms. The maximum absolute atomic E-state index is 12.2. The molecule has 0 aromatic carbocycles. The van der Waals surface area contributed by atoms with Crippen molar-refractivity contribution in [1.29, 1.82) is 0 Å². The van der Waals surface area contributed by atoms with Crippen LogP contribution in [0.25, 0.3) is 0 Å². The molecule has 4 heteroatoms. The molecule has 1 aromatic heterocycles. The zero-order valence-electron chi connectivity index (χ0n) is 7.95. The molecule has 0 aliphatic carbocycles. The molecule has 0 N–H and O–H groups in total. The molecule has 1 saturated heterocycles. The molecule has 0 atom stereocenters. The lowest BCUT2D eigenvalue weighted by Crippen LogP contribution is -2.29. The molecule has 0 amide bonds. The van der Waals surface area contributed by atoms with Crippen molar-refractivity contribution < 1.29 is 3.89 Å². The highest BCUT2D eigenvalue weighted by Crippen LogP contribution is 2.22. The second-order valence-corrected chi connectivity index (χ2v) is 4.10. The normalized spacial score (nSPS) is 17.1. The summed E-state index contributed by atoms with van der Waals surface area (Å²) >= 11 is 0.243. The molecule has 76 valence electrons. The van der Waals surface area contributed by atoms with Crippen LogP contribution in [0, 0.1) is 0 Å². The molecule has 1 aliphatic rings. The highest BCUT2D eigenvalue weighted by Gasteiger charge is 2.11. The van der Waals surface area contributed by atoms with Crippen LogP contribution in [0.2, 0.25) is 0 Å².